The summed E-state index contributed by atoms with van der Waals surface area (Å²) in [5.74, 6) is 0.866. The van der Waals surface area contributed by atoms with Gasteiger partial charge < -0.3 is 10.1 Å². The molecule has 0 bridgehead atoms. The Morgan fingerprint density at radius 3 is 2.69 bits per heavy atom. The maximum atomic E-state index is 11.8. The summed E-state index contributed by atoms with van der Waals surface area (Å²) in [5, 5.41) is 3.23. The van der Waals surface area contributed by atoms with E-state index in [0.29, 0.717) is 6.54 Å². The molecule has 0 aliphatic carbocycles. The molecule has 0 aromatic heterocycles. The van der Waals surface area contributed by atoms with E-state index in [1.807, 2.05) is 30.3 Å². The number of hydrogen-bond donors (Lipinski definition) is 1. The van der Waals surface area contributed by atoms with Gasteiger partial charge in [-0.25, -0.2) is 0 Å². The minimum atomic E-state index is -0.667. The Labute approximate surface area is 95.8 Å². The van der Waals surface area contributed by atoms with Crippen LogP contribution in [-0.2, 0) is 4.79 Å². The van der Waals surface area contributed by atoms with Crippen LogP contribution in [0.4, 0.5) is 0 Å². The Hall–Kier alpha value is -1.35. The first-order chi connectivity index (χ1) is 7.73. The van der Waals surface area contributed by atoms with Gasteiger partial charge >= 0.3 is 0 Å². The van der Waals surface area contributed by atoms with Crippen molar-refractivity contribution in [2.75, 3.05) is 13.1 Å². The number of benzene rings is 1. The summed E-state index contributed by atoms with van der Waals surface area (Å²) in [5.41, 5.74) is -0.667. The molecule has 0 radical (unpaired) electrons. The highest BCUT2D eigenvalue weighted by molar-refractivity contribution is 5.85. The monoisotopic (exact) mass is 219 g/mol. The number of para-hydroxylation sites is 1. The second-order valence-electron chi connectivity index (χ2n) is 4.25. The summed E-state index contributed by atoms with van der Waals surface area (Å²) in [6.07, 6.45) is 1.77. The summed E-state index contributed by atoms with van der Waals surface area (Å²) >= 11 is 0. The Balaban J connectivity index is 2.17. The number of ether oxygens (including phenoxy) is 1. The summed E-state index contributed by atoms with van der Waals surface area (Å²) < 4.78 is 5.89. The number of Topliss-reactive ketones (excluding diaryl/α,β-unsaturated/α-hetero) is 1. The molecule has 1 aliphatic rings. The number of carbonyl (C=O) groups excluding carboxylic acids is 1. The van der Waals surface area contributed by atoms with Crippen molar-refractivity contribution in [3.05, 3.63) is 30.3 Å². The first-order valence-electron chi connectivity index (χ1n) is 5.69. The first kappa shape index (κ1) is 11.1. The lowest BCUT2D eigenvalue weighted by molar-refractivity contribution is -0.133. The quantitative estimate of drug-likeness (QED) is 0.842. The summed E-state index contributed by atoms with van der Waals surface area (Å²) in [4.78, 5) is 11.8. The highest BCUT2D eigenvalue weighted by Gasteiger charge is 2.39. The third-order valence-corrected chi connectivity index (χ3v) is 3.04. The molecule has 1 saturated heterocycles. The average Bonchev–Trinajstić information content (AvgIpc) is 2.31. The Morgan fingerprint density at radius 1 is 1.38 bits per heavy atom. The van der Waals surface area contributed by atoms with Crippen LogP contribution in [-0.4, -0.2) is 24.5 Å². The number of nitrogens with one attached hydrogen (secondary N) is 1. The lowest BCUT2D eigenvalue weighted by Gasteiger charge is -2.35. The molecule has 1 N–H and O–H groups in total. The number of carbonyl (C=O) groups is 1. The van der Waals surface area contributed by atoms with E-state index in [-0.39, 0.29) is 5.78 Å². The molecule has 1 aromatic rings. The number of piperidine rings is 1. The SMILES string of the molecule is CC(=O)C1(Oc2ccccc2)CCCNC1. The first-order valence-corrected chi connectivity index (χ1v) is 5.69. The van der Waals surface area contributed by atoms with Crippen LogP contribution in [0.5, 0.6) is 5.75 Å². The highest BCUT2D eigenvalue weighted by atomic mass is 16.5. The number of hydrogen-bond acceptors (Lipinski definition) is 3. The van der Waals surface area contributed by atoms with Crippen LogP contribution in [0.15, 0.2) is 30.3 Å². The normalized spacial score (nSPS) is 25.1. The van der Waals surface area contributed by atoms with Gasteiger partial charge in [-0.2, -0.15) is 0 Å². The summed E-state index contributed by atoms with van der Waals surface area (Å²) in [6, 6.07) is 9.55. The smallest absolute Gasteiger partial charge is 0.179 e. The van der Waals surface area contributed by atoms with Gasteiger partial charge in [0.25, 0.3) is 0 Å². The average molecular weight is 219 g/mol. The molecular weight excluding hydrogens is 202 g/mol. The molecule has 0 spiro atoms. The van der Waals surface area contributed by atoms with Crippen molar-refractivity contribution >= 4 is 5.78 Å². The van der Waals surface area contributed by atoms with E-state index in [0.717, 1.165) is 25.1 Å². The van der Waals surface area contributed by atoms with Gasteiger partial charge in [0, 0.05) is 6.54 Å². The van der Waals surface area contributed by atoms with E-state index in [1.165, 1.54) is 0 Å². The largest absolute Gasteiger partial charge is 0.478 e. The molecule has 16 heavy (non-hydrogen) atoms. The van der Waals surface area contributed by atoms with Crippen LogP contribution >= 0.6 is 0 Å². The van der Waals surface area contributed by atoms with E-state index in [4.69, 9.17) is 4.74 Å². The van der Waals surface area contributed by atoms with Crippen molar-refractivity contribution in [3.63, 3.8) is 0 Å². The molecule has 1 heterocycles. The fraction of sp³-hybridized carbons (Fsp3) is 0.462. The molecule has 1 aliphatic heterocycles. The van der Waals surface area contributed by atoms with Gasteiger partial charge in [0.2, 0.25) is 0 Å². The third kappa shape index (κ3) is 2.25. The second kappa shape index (κ2) is 4.66. The van der Waals surface area contributed by atoms with Gasteiger partial charge in [-0.15, -0.1) is 0 Å². The lowest BCUT2D eigenvalue weighted by Crippen LogP contribution is -2.54. The third-order valence-electron chi connectivity index (χ3n) is 3.04. The maximum Gasteiger partial charge on any atom is 0.179 e. The zero-order valence-corrected chi connectivity index (χ0v) is 9.53. The minimum absolute atomic E-state index is 0.101. The van der Waals surface area contributed by atoms with Crippen molar-refractivity contribution in [2.45, 2.75) is 25.4 Å². The van der Waals surface area contributed by atoms with Gasteiger partial charge in [0.05, 0.1) is 0 Å². The topological polar surface area (TPSA) is 38.3 Å². The molecule has 1 atom stereocenters. The van der Waals surface area contributed by atoms with Crippen molar-refractivity contribution < 1.29 is 9.53 Å². The van der Waals surface area contributed by atoms with E-state index in [9.17, 15) is 4.79 Å². The lowest BCUT2D eigenvalue weighted by atomic mass is 9.90. The molecule has 3 heteroatoms. The zero-order valence-electron chi connectivity index (χ0n) is 9.53. The van der Waals surface area contributed by atoms with E-state index >= 15 is 0 Å². The molecule has 0 saturated carbocycles. The molecule has 3 nitrogen and oxygen atoms in total. The van der Waals surface area contributed by atoms with Crippen molar-refractivity contribution in [1.82, 2.24) is 5.32 Å². The Kier molecular flexibility index (Phi) is 3.25. The highest BCUT2D eigenvalue weighted by Crippen LogP contribution is 2.25. The van der Waals surface area contributed by atoms with Crippen molar-refractivity contribution in [2.24, 2.45) is 0 Å². The van der Waals surface area contributed by atoms with Crippen LogP contribution in [0.25, 0.3) is 0 Å². The van der Waals surface area contributed by atoms with Crippen LogP contribution in [0.1, 0.15) is 19.8 Å². The second-order valence-corrected chi connectivity index (χ2v) is 4.25. The van der Waals surface area contributed by atoms with Gasteiger partial charge in [0.1, 0.15) is 5.75 Å². The maximum absolute atomic E-state index is 11.8. The molecule has 86 valence electrons. The van der Waals surface area contributed by atoms with Gasteiger partial charge in [0.15, 0.2) is 11.4 Å². The van der Waals surface area contributed by atoms with Crippen molar-refractivity contribution in [3.8, 4) is 5.75 Å². The van der Waals surface area contributed by atoms with Crippen LogP contribution in [0.3, 0.4) is 0 Å². The van der Waals surface area contributed by atoms with Crippen LogP contribution < -0.4 is 10.1 Å². The van der Waals surface area contributed by atoms with Crippen LogP contribution in [0, 0.1) is 0 Å². The van der Waals surface area contributed by atoms with E-state index in [2.05, 4.69) is 5.32 Å². The molecule has 1 fully saturated rings. The standard InChI is InChI=1S/C13H17NO2/c1-11(15)13(8-5-9-14-10-13)16-12-6-3-2-4-7-12/h2-4,6-7,14H,5,8-10H2,1H3. The fourth-order valence-corrected chi connectivity index (χ4v) is 2.05. The summed E-state index contributed by atoms with van der Waals surface area (Å²) in [7, 11) is 0. The fourth-order valence-electron chi connectivity index (χ4n) is 2.05. The van der Waals surface area contributed by atoms with Gasteiger partial charge in [-0.1, -0.05) is 18.2 Å². The van der Waals surface area contributed by atoms with E-state index < -0.39 is 5.60 Å². The number of ketones is 1. The summed E-state index contributed by atoms with van der Waals surface area (Å²) in [6.45, 7) is 3.18. The molecular formula is C13H17NO2. The Morgan fingerprint density at radius 2 is 2.12 bits per heavy atom. The van der Waals surface area contributed by atoms with Crippen LogP contribution in [0.2, 0.25) is 0 Å². The zero-order chi connectivity index (χ0) is 11.4. The molecule has 1 unspecified atom stereocenters. The van der Waals surface area contributed by atoms with Gasteiger partial charge in [-0.05, 0) is 38.4 Å². The predicted molar refractivity (Wildman–Crippen MR) is 62.6 cm³/mol. The van der Waals surface area contributed by atoms with Gasteiger partial charge in [-0.3, -0.25) is 4.79 Å². The predicted octanol–water partition coefficient (Wildman–Crippen LogP) is 1.78. The number of rotatable bonds is 3. The molecule has 2 rings (SSSR count). The Bertz CT molecular complexity index is 355. The molecule has 0 amide bonds. The molecule has 1 aromatic carbocycles. The van der Waals surface area contributed by atoms with E-state index in [1.54, 1.807) is 6.92 Å². The minimum Gasteiger partial charge on any atom is -0.478 e. The van der Waals surface area contributed by atoms with Crippen molar-refractivity contribution in [1.29, 1.82) is 0 Å².